The van der Waals surface area contributed by atoms with Crippen LogP contribution in [0.25, 0.3) is 5.65 Å². The number of aliphatic hydroxyl groups excluding tert-OH is 1. The average Bonchev–Trinajstić information content (AvgIpc) is 3.33. The highest BCUT2D eigenvalue weighted by Gasteiger charge is 2.29. The molecule has 3 aromatic rings. The van der Waals surface area contributed by atoms with Crippen LogP contribution in [0.4, 0.5) is 5.82 Å². The minimum atomic E-state index is -0.460. The van der Waals surface area contributed by atoms with Gasteiger partial charge in [0.25, 0.3) is 0 Å². The molecule has 4 rings (SSSR count). The highest BCUT2D eigenvalue weighted by Crippen LogP contribution is 2.38. The maximum absolute atomic E-state index is 10.2. The lowest BCUT2D eigenvalue weighted by atomic mass is 10.1. The molecule has 2 aromatic heterocycles. The van der Waals surface area contributed by atoms with Crippen molar-refractivity contribution in [1.82, 2.24) is 19.8 Å². The normalized spacial score (nSPS) is 15.7. The Morgan fingerprint density at radius 3 is 2.74 bits per heavy atom. The third-order valence-electron chi connectivity index (χ3n) is 4.06. The van der Waals surface area contributed by atoms with Crippen molar-refractivity contribution in [2.24, 2.45) is 0 Å². The van der Waals surface area contributed by atoms with Gasteiger partial charge in [-0.3, -0.25) is 0 Å². The van der Waals surface area contributed by atoms with Crippen LogP contribution in [-0.2, 0) is 6.42 Å². The monoisotopic (exact) mass is 309 g/mol. The van der Waals surface area contributed by atoms with Gasteiger partial charge >= 0.3 is 0 Å². The minimum Gasteiger partial charge on any atom is -0.391 e. The fourth-order valence-corrected chi connectivity index (χ4v) is 2.68. The third kappa shape index (κ3) is 3.17. The molecule has 1 fully saturated rings. The Labute approximate surface area is 134 Å². The molecule has 0 radical (unpaired) electrons. The molecule has 6 nitrogen and oxygen atoms in total. The van der Waals surface area contributed by atoms with Crippen LogP contribution < -0.4 is 5.32 Å². The molecule has 1 aromatic carbocycles. The number of benzene rings is 1. The molecule has 118 valence electrons. The number of rotatable bonds is 6. The number of nitrogens with one attached hydrogen (secondary N) is 1. The van der Waals surface area contributed by atoms with Crippen LogP contribution in [0, 0.1) is 0 Å². The summed E-state index contributed by atoms with van der Waals surface area (Å²) < 4.78 is 1.81. The first-order valence-electron chi connectivity index (χ1n) is 7.98. The van der Waals surface area contributed by atoms with Crippen LogP contribution in [0.5, 0.6) is 0 Å². The minimum absolute atomic E-state index is 0.453. The molecule has 1 saturated carbocycles. The number of aliphatic hydroxyl groups is 1. The summed E-state index contributed by atoms with van der Waals surface area (Å²) in [5.41, 5.74) is 1.89. The van der Waals surface area contributed by atoms with Crippen molar-refractivity contribution in [3.63, 3.8) is 0 Å². The van der Waals surface area contributed by atoms with Crippen molar-refractivity contribution in [2.75, 3.05) is 11.9 Å². The Hall–Kier alpha value is -2.47. The Kier molecular flexibility index (Phi) is 3.67. The second-order valence-corrected chi connectivity index (χ2v) is 6.05. The molecule has 1 aliphatic carbocycles. The first-order valence-corrected chi connectivity index (χ1v) is 7.98. The summed E-state index contributed by atoms with van der Waals surface area (Å²) in [5.74, 6) is 2.16. The van der Waals surface area contributed by atoms with Gasteiger partial charge in [-0.2, -0.15) is 4.52 Å². The second kappa shape index (κ2) is 5.96. The van der Waals surface area contributed by atoms with E-state index in [1.165, 1.54) is 0 Å². The SMILES string of the molecule is OC(CNc1ccc2nnc(C3CC3)n2n1)Cc1ccccc1. The van der Waals surface area contributed by atoms with Crippen LogP contribution in [0.2, 0.25) is 0 Å². The summed E-state index contributed by atoms with van der Waals surface area (Å²) in [5, 5.41) is 26.3. The van der Waals surface area contributed by atoms with Crippen molar-refractivity contribution >= 4 is 11.5 Å². The highest BCUT2D eigenvalue weighted by molar-refractivity contribution is 5.44. The highest BCUT2D eigenvalue weighted by atomic mass is 16.3. The zero-order valence-electron chi connectivity index (χ0n) is 12.8. The van der Waals surface area contributed by atoms with Crippen molar-refractivity contribution in [2.45, 2.75) is 31.3 Å². The summed E-state index contributed by atoms with van der Waals surface area (Å²) in [6.45, 7) is 0.453. The van der Waals surface area contributed by atoms with E-state index in [0.29, 0.717) is 18.9 Å². The van der Waals surface area contributed by atoms with Crippen LogP contribution >= 0.6 is 0 Å². The van der Waals surface area contributed by atoms with Gasteiger partial charge in [-0.25, -0.2) is 0 Å². The molecule has 0 aliphatic heterocycles. The maximum atomic E-state index is 10.2. The van der Waals surface area contributed by atoms with E-state index >= 15 is 0 Å². The predicted octanol–water partition coefficient (Wildman–Crippen LogP) is 2.02. The predicted molar refractivity (Wildman–Crippen MR) is 87.4 cm³/mol. The number of hydrogen-bond donors (Lipinski definition) is 2. The number of anilines is 1. The summed E-state index contributed by atoms with van der Waals surface area (Å²) in [4.78, 5) is 0. The molecule has 1 atom stereocenters. The van der Waals surface area contributed by atoms with Gasteiger partial charge in [-0.05, 0) is 30.5 Å². The molecule has 0 saturated heterocycles. The lowest BCUT2D eigenvalue weighted by Crippen LogP contribution is -2.22. The lowest BCUT2D eigenvalue weighted by molar-refractivity contribution is 0.188. The van der Waals surface area contributed by atoms with Crippen LogP contribution in [0.15, 0.2) is 42.5 Å². The van der Waals surface area contributed by atoms with E-state index in [1.54, 1.807) is 0 Å². The van der Waals surface area contributed by atoms with Gasteiger partial charge in [0, 0.05) is 18.9 Å². The van der Waals surface area contributed by atoms with Gasteiger partial charge < -0.3 is 10.4 Å². The van der Waals surface area contributed by atoms with Crippen molar-refractivity contribution in [1.29, 1.82) is 0 Å². The van der Waals surface area contributed by atoms with E-state index in [0.717, 1.165) is 35.7 Å². The van der Waals surface area contributed by atoms with Gasteiger partial charge in [-0.15, -0.1) is 15.3 Å². The Bertz CT molecular complexity index is 797. The Morgan fingerprint density at radius 1 is 1.13 bits per heavy atom. The first kappa shape index (κ1) is 14.1. The van der Waals surface area contributed by atoms with Gasteiger partial charge in [-0.1, -0.05) is 30.3 Å². The molecule has 2 N–H and O–H groups in total. The van der Waals surface area contributed by atoms with Gasteiger partial charge in [0.2, 0.25) is 0 Å². The zero-order valence-corrected chi connectivity index (χ0v) is 12.8. The van der Waals surface area contributed by atoms with Crippen LogP contribution in [-0.4, -0.2) is 37.6 Å². The molecule has 2 heterocycles. The molecular weight excluding hydrogens is 290 g/mol. The molecule has 23 heavy (non-hydrogen) atoms. The Balaban J connectivity index is 1.42. The molecule has 6 heteroatoms. The average molecular weight is 309 g/mol. The van der Waals surface area contributed by atoms with E-state index in [4.69, 9.17) is 0 Å². The number of nitrogens with zero attached hydrogens (tertiary/aromatic N) is 4. The fourth-order valence-electron chi connectivity index (χ4n) is 2.68. The van der Waals surface area contributed by atoms with Crippen LogP contribution in [0.1, 0.15) is 30.1 Å². The van der Waals surface area contributed by atoms with E-state index < -0.39 is 6.10 Å². The molecule has 0 spiro atoms. The Morgan fingerprint density at radius 2 is 1.96 bits per heavy atom. The number of hydrogen-bond acceptors (Lipinski definition) is 5. The van der Waals surface area contributed by atoms with E-state index in [9.17, 15) is 5.11 Å². The summed E-state index contributed by atoms with van der Waals surface area (Å²) in [6.07, 6.45) is 2.49. The molecule has 0 bridgehead atoms. The van der Waals surface area contributed by atoms with Gasteiger partial charge in [0.15, 0.2) is 11.5 Å². The first-order chi connectivity index (χ1) is 11.3. The van der Waals surface area contributed by atoms with E-state index in [2.05, 4.69) is 20.6 Å². The van der Waals surface area contributed by atoms with Gasteiger partial charge in [0.1, 0.15) is 5.82 Å². The maximum Gasteiger partial charge on any atom is 0.178 e. The van der Waals surface area contributed by atoms with E-state index in [1.807, 2.05) is 47.0 Å². The molecular formula is C17H19N5O. The smallest absolute Gasteiger partial charge is 0.178 e. The number of fused-ring (bicyclic) bond motifs is 1. The third-order valence-corrected chi connectivity index (χ3v) is 4.06. The van der Waals surface area contributed by atoms with Gasteiger partial charge in [0.05, 0.1) is 6.10 Å². The second-order valence-electron chi connectivity index (χ2n) is 6.05. The lowest BCUT2D eigenvalue weighted by Gasteiger charge is -2.12. The van der Waals surface area contributed by atoms with Crippen molar-refractivity contribution in [3.8, 4) is 0 Å². The summed E-state index contributed by atoms with van der Waals surface area (Å²) >= 11 is 0. The molecule has 1 aliphatic rings. The van der Waals surface area contributed by atoms with E-state index in [-0.39, 0.29) is 0 Å². The zero-order chi connectivity index (χ0) is 15.6. The standard InChI is InChI=1S/C17H19N5O/c23-14(10-12-4-2-1-3-5-12)11-18-15-8-9-16-19-20-17(13-6-7-13)22(16)21-15/h1-5,8-9,13-14,23H,6-7,10-11H2,(H,18,21). The molecule has 0 amide bonds. The molecule has 1 unspecified atom stereocenters. The topological polar surface area (TPSA) is 75.3 Å². The largest absolute Gasteiger partial charge is 0.391 e. The van der Waals surface area contributed by atoms with Crippen molar-refractivity contribution < 1.29 is 5.11 Å². The fraction of sp³-hybridized carbons (Fsp3) is 0.353. The number of aromatic nitrogens is 4. The summed E-state index contributed by atoms with van der Waals surface area (Å²) in [6, 6.07) is 13.8. The van der Waals surface area contributed by atoms with Crippen molar-refractivity contribution in [3.05, 3.63) is 53.9 Å². The summed E-state index contributed by atoms with van der Waals surface area (Å²) in [7, 11) is 0. The van der Waals surface area contributed by atoms with Crippen LogP contribution in [0.3, 0.4) is 0 Å². The quantitative estimate of drug-likeness (QED) is 0.728.